The number of nitrogens with zero attached hydrogens (tertiary/aromatic N) is 3. The van der Waals surface area contributed by atoms with Crippen molar-refractivity contribution in [3.8, 4) is 0 Å². The van der Waals surface area contributed by atoms with Crippen LogP contribution in [-0.4, -0.2) is 42.1 Å². The minimum absolute atomic E-state index is 0. The van der Waals surface area contributed by atoms with E-state index in [-0.39, 0.29) is 24.0 Å². The van der Waals surface area contributed by atoms with Gasteiger partial charge in [0.25, 0.3) is 0 Å². The maximum atomic E-state index is 5.89. The number of ether oxygens (including phenoxy) is 1. The lowest BCUT2D eigenvalue weighted by atomic mass is 10.4. The Balaban J connectivity index is 0.00000162. The lowest BCUT2D eigenvalue weighted by Crippen LogP contribution is -2.44. The number of oxazole rings is 1. The molecule has 2 heterocycles. The molecule has 0 radical (unpaired) electrons. The highest BCUT2D eigenvalue weighted by Gasteiger charge is 2.12. The number of morpholine rings is 1. The van der Waals surface area contributed by atoms with Gasteiger partial charge >= 0.3 is 0 Å². The van der Waals surface area contributed by atoms with E-state index in [1.807, 2.05) is 18.7 Å². The van der Waals surface area contributed by atoms with Gasteiger partial charge < -0.3 is 19.8 Å². The normalized spacial score (nSPS) is 16.6. The third-order valence-corrected chi connectivity index (χ3v) is 2.78. The zero-order valence-corrected chi connectivity index (χ0v) is 13.0. The van der Waals surface area contributed by atoms with Crippen LogP contribution in [0.25, 0.3) is 0 Å². The molecule has 18 heavy (non-hydrogen) atoms. The number of halogens is 1. The fraction of sp³-hybridized carbons (Fsp3) is 0.636. The summed E-state index contributed by atoms with van der Waals surface area (Å²) in [5, 5.41) is 0. The summed E-state index contributed by atoms with van der Waals surface area (Å²) in [6, 6.07) is 0. The molecule has 7 heteroatoms. The summed E-state index contributed by atoms with van der Waals surface area (Å²) in [5.74, 6) is 1.97. The van der Waals surface area contributed by atoms with E-state index in [0.29, 0.717) is 31.6 Å². The molecule has 0 spiro atoms. The highest BCUT2D eigenvalue weighted by Crippen LogP contribution is 2.09. The summed E-state index contributed by atoms with van der Waals surface area (Å²) in [5.41, 5.74) is 6.79. The molecule has 0 bridgehead atoms. The van der Waals surface area contributed by atoms with E-state index in [0.717, 1.165) is 24.5 Å². The fourth-order valence-corrected chi connectivity index (χ4v) is 1.65. The molecule has 0 unspecified atom stereocenters. The standard InChI is InChI=1S/C11H18N4O2.HI/c1-8-9(2)17-10(14-8)7-13-11(12)15-3-5-16-6-4-15;/h3-7H2,1-2H3,(H2,12,13);1H. The second kappa shape index (κ2) is 6.93. The third kappa shape index (κ3) is 3.84. The van der Waals surface area contributed by atoms with Crippen LogP contribution < -0.4 is 5.73 Å². The van der Waals surface area contributed by atoms with Crippen molar-refractivity contribution in [2.45, 2.75) is 20.4 Å². The van der Waals surface area contributed by atoms with Crippen molar-refractivity contribution in [3.05, 3.63) is 17.3 Å². The van der Waals surface area contributed by atoms with Crippen LogP contribution in [0.3, 0.4) is 0 Å². The Morgan fingerprint density at radius 2 is 2.06 bits per heavy atom. The first-order valence-electron chi connectivity index (χ1n) is 5.72. The largest absolute Gasteiger partial charge is 0.444 e. The number of hydrogen-bond acceptors (Lipinski definition) is 4. The molecule has 0 saturated carbocycles. The van der Waals surface area contributed by atoms with Gasteiger partial charge in [0.1, 0.15) is 12.3 Å². The van der Waals surface area contributed by atoms with Gasteiger partial charge in [-0.1, -0.05) is 0 Å². The summed E-state index contributed by atoms with van der Waals surface area (Å²) >= 11 is 0. The molecule has 1 aliphatic heterocycles. The van der Waals surface area contributed by atoms with Crippen LogP contribution in [0.5, 0.6) is 0 Å². The molecule has 2 N–H and O–H groups in total. The summed E-state index contributed by atoms with van der Waals surface area (Å²) in [6.45, 7) is 7.18. The van der Waals surface area contributed by atoms with Crippen LogP contribution in [0.2, 0.25) is 0 Å². The number of hydrogen-bond donors (Lipinski definition) is 1. The van der Waals surface area contributed by atoms with Crippen molar-refractivity contribution in [1.82, 2.24) is 9.88 Å². The van der Waals surface area contributed by atoms with Crippen molar-refractivity contribution in [3.63, 3.8) is 0 Å². The van der Waals surface area contributed by atoms with Crippen LogP contribution in [-0.2, 0) is 11.3 Å². The van der Waals surface area contributed by atoms with E-state index >= 15 is 0 Å². The van der Waals surface area contributed by atoms with E-state index < -0.39 is 0 Å². The Bertz CT molecular complexity index is 394. The third-order valence-electron chi connectivity index (χ3n) is 2.78. The zero-order chi connectivity index (χ0) is 12.3. The van der Waals surface area contributed by atoms with Gasteiger partial charge in [-0.15, -0.1) is 24.0 Å². The first-order valence-corrected chi connectivity index (χ1v) is 5.72. The summed E-state index contributed by atoms with van der Waals surface area (Å²) < 4.78 is 10.7. The second-order valence-corrected chi connectivity index (χ2v) is 4.02. The summed E-state index contributed by atoms with van der Waals surface area (Å²) in [7, 11) is 0. The second-order valence-electron chi connectivity index (χ2n) is 4.02. The van der Waals surface area contributed by atoms with Gasteiger partial charge in [0.15, 0.2) is 5.96 Å². The summed E-state index contributed by atoms with van der Waals surface area (Å²) in [6.07, 6.45) is 0. The molecule has 2 rings (SSSR count). The van der Waals surface area contributed by atoms with Gasteiger partial charge in [0.2, 0.25) is 5.89 Å². The van der Waals surface area contributed by atoms with E-state index in [4.69, 9.17) is 14.9 Å². The van der Waals surface area contributed by atoms with Crippen LogP contribution in [0, 0.1) is 13.8 Å². The smallest absolute Gasteiger partial charge is 0.216 e. The highest BCUT2D eigenvalue weighted by atomic mass is 127. The van der Waals surface area contributed by atoms with Crippen LogP contribution >= 0.6 is 24.0 Å². The molecule has 1 aromatic heterocycles. The van der Waals surface area contributed by atoms with Crippen LogP contribution in [0.15, 0.2) is 9.41 Å². The van der Waals surface area contributed by atoms with Crippen LogP contribution in [0.4, 0.5) is 0 Å². The predicted molar refractivity (Wildman–Crippen MR) is 79.1 cm³/mol. The maximum Gasteiger partial charge on any atom is 0.216 e. The van der Waals surface area contributed by atoms with Gasteiger partial charge in [0.05, 0.1) is 18.9 Å². The first-order chi connectivity index (χ1) is 8.16. The van der Waals surface area contributed by atoms with Gasteiger partial charge in [-0.2, -0.15) is 0 Å². The first kappa shape index (κ1) is 15.2. The van der Waals surface area contributed by atoms with Crippen LogP contribution in [0.1, 0.15) is 17.3 Å². The van der Waals surface area contributed by atoms with Crippen molar-refractivity contribution in [2.24, 2.45) is 10.7 Å². The molecule has 102 valence electrons. The van der Waals surface area contributed by atoms with Crippen molar-refractivity contribution < 1.29 is 9.15 Å². The number of aryl methyl sites for hydroxylation is 2. The van der Waals surface area contributed by atoms with Gasteiger partial charge in [-0.05, 0) is 13.8 Å². The van der Waals surface area contributed by atoms with Crippen molar-refractivity contribution in [2.75, 3.05) is 26.3 Å². The van der Waals surface area contributed by atoms with Crippen molar-refractivity contribution in [1.29, 1.82) is 0 Å². The number of aliphatic imine (C=N–C) groups is 1. The van der Waals surface area contributed by atoms with Gasteiger partial charge in [-0.25, -0.2) is 9.98 Å². The number of aromatic nitrogens is 1. The Hall–Kier alpha value is -0.830. The van der Waals surface area contributed by atoms with E-state index in [2.05, 4.69) is 9.98 Å². The monoisotopic (exact) mass is 366 g/mol. The lowest BCUT2D eigenvalue weighted by Gasteiger charge is -2.27. The molecule has 0 aliphatic carbocycles. The Morgan fingerprint density at radius 3 is 2.61 bits per heavy atom. The number of nitrogens with two attached hydrogens (primary N) is 1. The van der Waals surface area contributed by atoms with E-state index in [9.17, 15) is 0 Å². The van der Waals surface area contributed by atoms with E-state index in [1.165, 1.54) is 0 Å². The Kier molecular flexibility index (Phi) is 5.86. The SMILES string of the molecule is Cc1nc(CN=C(N)N2CCOCC2)oc1C.I. The fourth-order valence-electron chi connectivity index (χ4n) is 1.65. The molecular weight excluding hydrogens is 347 g/mol. The molecular formula is C11H19IN4O2. The molecule has 0 aromatic carbocycles. The topological polar surface area (TPSA) is 76.9 Å². The molecule has 1 aliphatic rings. The average molecular weight is 366 g/mol. The van der Waals surface area contributed by atoms with Gasteiger partial charge in [-0.3, -0.25) is 0 Å². The minimum atomic E-state index is 0. The van der Waals surface area contributed by atoms with E-state index in [1.54, 1.807) is 0 Å². The lowest BCUT2D eigenvalue weighted by molar-refractivity contribution is 0.0674. The maximum absolute atomic E-state index is 5.89. The molecule has 0 amide bonds. The quantitative estimate of drug-likeness (QED) is 0.481. The molecule has 6 nitrogen and oxygen atoms in total. The summed E-state index contributed by atoms with van der Waals surface area (Å²) in [4.78, 5) is 10.5. The zero-order valence-electron chi connectivity index (χ0n) is 10.7. The molecule has 1 fully saturated rings. The Labute approximate surface area is 124 Å². The predicted octanol–water partition coefficient (Wildman–Crippen LogP) is 1.06. The average Bonchev–Trinajstić information content (AvgIpc) is 2.67. The molecule has 1 aromatic rings. The Morgan fingerprint density at radius 1 is 1.39 bits per heavy atom. The van der Waals surface area contributed by atoms with Gasteiger partial charge in [0, 0.05) is 13.1 Å². The molecule has 0 atom stereocenters. The minimum Gasteiger partial charge on any atom is -0.444 e. The number of rotatable bonds is 2. The van der Waals surface area contributed by atoms with Crippen molar-refractivity contribution >= 4 is 29.9 Å². The number of guanidine groups is 1. The molecule has 1 saturated heterocycles. The highest BCUT2D eigenvalue weighted by molar-refractivity contribution is 14.0.